The molecule has 1 aliphatic carbocycles. The fourth-order valence-electron chi connectivity index (χ4n) is 2.25. The number of alkyl halides is 2. The van der Waals surface area contributed by atoms with Crippen molar-refractivity contribution in [2.45, 2.75) is 37.9 Å². The van der Waals surface area contributed by atoms with E-state index < -0.39 is 5.92 Å². The van der Waals surface area contributed by atoms with Gasteiger partial charge in [-0.15, -0.1) is 0 Å². The molecular formula is C16H18F2N2. The average Bonchev–Trinajstić information content (AvgIpc) is 3.18. The molecular weight excluding hydrogens is 258 g/mol. The van der Waals surface area contributed by atoms with Crippen LogP contribution in [-0.4, -0.2) is 10.6 Å². The van der Waals surface area contributed by atoms with Gasteiger partial charge in [-0.3, -0.25) is 0 Å². The largest absolute Gasteiger partial charge is 0.348 e. The Morgan fingerprint density at radius 2 is 1.90 bits per heavy atom. The molecule has 0 amide bonds. The van der Waals surface area contributed by atoms with Crippen molar-refractivity contribution >= 4 is 0 Å². The molecule has 0 spiro atoms. The fraction of sp³-hybridized carbons (Fsp3) is 0.375. The second-order valence-electron chi connectivity index (χ2n) is 5.42. The van der Waals surface area contributed by atoms with Crippen LogP contribution in [0.5, 0.6) is 0 Å². The van der Waals surface area contributed by atoms with E-state index in [1.54, 1.807) is 35.2 Å². The van der Waals surface area contributed by atoms with E-state index in [9.17, 15) is 8.78 Å². The zero-order valence-corrected chi connectivity index (χ0v) is 11.2. The van der Waals surface area contributed by atoms with Crippen LogP contribution in [0, 0.1) is 0 Å². The molecule has 1 fully saturated rings. The van der Waals surface area contributed by atoms with Crippen LogP contribution >= 0.6 is 0 Å². The lowest BCUT2D eigenvalue weighted by atomic mass is 10.1. The molecule has 0 radical (unpaired) electrons. The minimum Gasteiger partial charge on any atom is -0.348 e. The number of nitrogens with zero attached hydrogens (tertiary/aromatic N) is 1. The molecule has 2 aromatic rings. The van der Waals surface area contributed by atoms with Crippen LogP contribution < -0.4 is 5.32 Å². The molecule has 1 aromatic heterocycles. The number of hydrogen-bond acceptors (Lipinski definition) is 1. The topological polar surface area (TPSA) is 17.0 Å². The van der Waals surface area contributed by atoms with Crippen molar-refractivity contribution < 1.29 is 8.78 Å². The second kappa shape index (κ2) is 5.37. The van der Waals surface area contributed by atoms with Crippen LogP contribution in [0.15, 0.2) is 48.8 Å². The van der Waals surface area contributed by atoms with Gasteiger partial charge in [0, 0.05) is 30.5 Å². The molecule has 3 rings (SSSR count). The maximum absolute atomic E-state index is 14.1. The molecule has 0 aliphatic heterocycles. The normalized spacial score (nSPS) is 15.5. The number of halogens is 2. The van der Waals surface area contributed by atoms with Gasteiger partial charge in [-0.2, -0.15) is 8.78 Å². The van der Waals surface area contributed by atoms with Gasteiger partial charge in [0.2, 0.25) is 0 Å². The molecule has 1 saturated carbocycles. The second-order valence-corrected chi connectivity index (χ2v) is 5.42. The van der Waals surface area contributed by atoms with E-state index in [1.165, 1.54) is 25.0 Å². The number of benzene rings is 1. The van der Waals surface area contributed by atoms with Gasteiger partial charge in [-0.25, -0.2) is 0 Å². The molecule has 20 heavy (non-hydrogen) atoms. The lowest BCUT2D eigenvalue weighted by Crippen LogP contribution is -2.20. The Morgan fingerprint density at radius 1 is 1.15 bits per heavy atom. The summed E-state index contributed by atoms with van der Waals surface area (Å²) in [7, 11) is 0. The van der Waals surface area contributed by atoms with Crippen LogP contribution in [0.4, 0.5) is 8.78 Å². The van der Waals surface area contributed by atoms with Crippen molar-refractivity contribution in [1.29, 1.82) is 0 Å². The maximum Gasteiger partial charge on any atom is 0.290 e. The fourth-order valence-corrected chi connectivity index (χ4v) is 2.25. The third-order valence-electron chi connectivity index (χ3n) is 3.56. The third-order valence-corrected chi connectivity index (χ3v) is 3.56. The molecule has 1 heterocycles. The lowest BCUT2D eigenvalue weighted by Gasteiger charge is -2.17. The Kier molecular flexibility index (Phi) is 3.57. The first kappa shape index (κ1) is 13.3. The molecule has 0 saturated heterocycles. The number of hydrogen-bond donors (Lipinski definition) is 1. The van der Waals surface area contributed by atoms with Gasteiger partial charge in [0.05, 0.1) is 6.54 Å². The van der Waals surface area contributed by atoms with Crippen LogP contribution in [0.3, 0.4) is 0 Å². The van der Waals surface area contributed by atoms with Gasteiger partial charge < -0.3 is 9.88 Å². The van der Waals surface area contributed by atoms with Crippen molar-refractivity contribution in [3.8, 4) is 0 Å². The Morgan fingerprint density at radius 3 is 2.60 bits per heavy atom. The van der Waals surface area contributed by atoms with Crippen molar-refractivity contribution in [2.75, 3.05) is 0 Å². The van der Waals surface area contributed by atoms with Gasteiger partial charge >= 0.3 is 0 Å². The van der Waals surface area contributed by atoms with Gasteiger partial charge in [-0.1, -0.05) is 30.3 Å². The third kappa shape index (κ3) is 3.25. The van der Waals surface area contributed by atoms with E-state index in [0.29, 0.717) is 6.04 Å². The highest BCUT2D eigenvalue weighted by molar-refractivity contribution is 5.20. The van der Waals surface area contributed by atoms with E-state index in [4.69, 9.17) is 0 Å². The first-order chi connectivity index (χ1) is 9.63. The van der Waals surface area contributed by atoms with Gasteiger partial charge in [-0.05, 0) is 24.5 Å². The highest BCUT2D eigenvalue weighted by Crippen LogP contribution is 2.29. The van der Waals surface area contributed by atoms with E-state index in [0.717, 1.165) is 12.1 Å². The Bertz CT molecular complexity index is 559. The van der Waals surface area contributed by atoms with Crippen LogP contribution in [0.25, 0.3) is 0 Å². The smallest absolute Gasteiger partial charge is 0.290 e. The molecule has 106 valence electrons. The van der Waals surface area contributed by atoms with Crippen molar-refractivity contribution in [3.63, 3.8) is 0 Å². The standard InChI is InChI=1S/C16H18F2N2/c17-16(18,14-4-2-1-3-5-14)12-20-9-8-13(11-20)10-19-15-6-7-15/h1-5,8-9,11,15,19H,6-7,10,12H2. The van der Waals surface area contributed by atoms with Crippen molar-refractivity contribution in [2.24, 2.45) is 0 Å². The Hall–Kier alpha value is -1.68. The summed E-state index contributed by atoms with van der Waals surface area (Å²) >= 11 is 0. The van der Waals surface area contributed by atoms with Crippen molar-refractivity contribution in [3.05, 3.63) is 59.9 Å². The molecule has 1 aliphatic rings. The van der Waals surface area contributed by atoms with Gasteiger partial charge in [0.15, 0.2) is 0 Å². The Balaban J connectivity index is 1.64. The summed E-state index contributed by atoms with van der Waals surface area (Å²) < 4.78 is 29.8. The quantitative estimate of drug-likeness (QED) is 0.854. The molecule has 0 bridgehead atoms. The summed E-state index contributed by atoms with van der Waals surface area (Å²) in [5, 5.41) is 3.38. The van der Waals surface area contributed by atoms with Gasteiger partial charge in [0.1, 0.15) is 0 Å². The zero-order chi connectivity index (χ0) is 14.0. The molecule has 0 atom stereocenters. The highest BCUT2D eigenvalue weighted by Gasteiger charge is 2.31. The monoisotopic (exact) mass is 276 g/mol. The molecule has 4 heteroatoms. The predicted molar refractivity (Wildman–Crippen MR) is 74.6 cm³/mol. The van der Waals surface area contributed by atoms with Crippen LogP contribution in [0.1, 0.15) is 24.0 Å². The van der Waals surface area contributed by atoms with E-state index >= 15 is 0 Å². The number of rotatable bonds is 6. The summed E-state index contributed by atoms with van der Waals surface area (Å²) in [6.07, 6.45) is 5.98. The zero-order valence-electron chi connectivity index (χ0n) is 11.2. The molecule has 1 aromatic carbocycles. The number of nitrogens with one attached hydrogen (secondary N) is 1. The van der Waals surface area contributed by atoms with E-state index in [-0.39, 0.29) is 12.1 Å². The summed E-state index contributed by atoms with van der Waals surface area (Å²) in [6, 6.07) is 10.5. The Labute approximate surface area is 117 Å². The summed E-state index contributed by atoms with van der Waals surface area (Å²) in [5.41, 5.74) is 1.12. The predicted octanol–water partition coefficient (Wildman–Crippen LogP) is 3.53. The maximum atomic E-state index is 14.1. The van der Waals surface area contributed by atoms with Crippen molar-refractivity contribution in [1.82, 2.24) is 9.88 Å². The van der Waals surface area contributed by atoms with E-state index in [1.807, 2.05) is 6.07 Å². The average molecular weight is 276 g/mol. The highest BCUT2D eigenvalue weighted by atomic mass is 19.3. The SMILES string of the molecule is FC(F)(Cn1ccc(CNC2CC2)c1)c1ccccc1. The first-order valence-electron chi connectivity index (χ1n) is 6.95. The van der Waals surface area contributed by atoms with Gasteiger partial charge in [0.25, 0.3) is 5.92 Å². The van der Waals surface area contributed by atoms with Crippen LogP contribution in [0.2, 0.25) is 0 Å². The first-order valence-corrected chi connectivity index (χ1v) is 6.95. The summed E-state index contributed by atoms with van der Waals surface area (Å²) in [4.78, 5) is 0. The molecule has 1 N–H and O–H groups in total. The number of aromatic nitrogens is 1. The minimum atomic E-state index is -2.85. The lowest BCUT2D eigenvalue weighted by molar-refractivity contribution is -0.0221. The summed E-state index contributed by atoms with van der Waals surface area (Å²) in [5.74, 6) is -2.85. The molecule has 2 nitrogen and oxygen atoms in total. The molecule has 0 unspecified atom stereocenters. The van der Waals surface area contributed by atoms with Crippen LogP contribution in [-0.2, 0) is 19.0 Å². The summed E-state index contributed by atoms with van der Waals surface area (Å²) in [6.45, 7) is 0.440. The minimum absolute atomic E-state index is 0.0614. The van der Waals surface area contributed by atoms with E-state index in [2.05, 4.69) is 5.32 Å².